The van der Waals surface area contributed by atoms with Gasteiger partial charge in [-0.1, -0.05) is 11.2 Å². The van der Waals surface area contributed by atoms with Crippen LogP contribution in [0.4, 0.5) is 0 Å². The summed E-state index contributed by atoms with van der Waals surface area (Å²) in [7, 11) is 0. The summed E-state index contributed by atoms with van der Waals surface area (Å²) in [5.41, 5.74) is 6.12. The molecule has 0 bridgehead atoms. The van der Waals surface area contributed by atoms with Crippen LogP contribution in [-0.2, 0) is 0 Å². The van der Waals surface area contributed by atoms with Crippen LogP contribution < -0.4 is 4.74 Å². The number of nitrogens with zero attached hydrogens (tertiary/aromatic N) is 4. The lowest BCUT2D eigenvalue weighted by molar-refractivity contribution is 0.0696. The lowest BCUT2D eigenvalue weighted by atomic mass is 10.00. The van der Waals surface area contributed by atoms with Crippen LogP contribution in [0, 0.1) is 13.8 Å². The van der Waals surface area contributed by atoms with Gasteiger partial charge in [0, 0.05) is 46.2 Å². The zero-order valence-electron chi connectivity index (χ0n) is 20.5. The highest BCUT2D eigenvalue weighted by Crippen LogP contribution is 2.40. The highest BCUT2D eigenvalue weighted by atomic mass is 16.5. The molecule has 0 saturated heterocycles. The van der Waals surface area contributed by atoms with Crippen LogP contribution in [0.2, 0.25) is 0 Å². The summed E-state index contributed by atoms with van der Waals surface area (Å²) in [4.78, 5) is 21.0. The first-order chi connectivity index (χ1) is 17.4. The van der Waals surface area contributed by atoms with Crippen molar-refractivity contribution in [3.8, 4) is 28.0 Å². The Bertz CT molecular complexity index is 1550. The predicted molar refractivity (Wildman–Crippen MR) is 136 cm³/mol. The van der Waals surface area contributed by atoms with E-state index in [0.29, 0.717) is 12.4 Å². The van der Waals surface area contributed by atoms with Crippen LogP contribution in [0.1, 0.15) is 47.4 Å². The fourth-order valence-electron chi connectivity index (χ4n) is 4.59. The molecule has 5 aromatic rings. The van der Waals surface area contributed by atoms with Crippen LogP contribution in [0.3, 0.4) is 0 Å². The SMILES string of the molecule is CCOc1cc(C(=O)O)ccc1-c1cn([C@@H](C)c2ccccn2)c2ncc(-c3c(C)noc3C)cc12. The number of hydrogen-bond acceptors (Lipinski definition) is 6. The molecule has 0 aliphatic carbocycles. The number of carbonyl (C=O) groups is 1. The topological polar surface area (TPSA) is 103 Å². The summed E-state index contributed by atoms with van der Waals surface area (Å²) in [6.45, 7) is 8.14. The van der Waals surface area contributed by atoms with Gasteiger partial charge in [0.15, 0.2) is 0 Å². The van der Waals surface area contributed by atoms with E-state index >= 15 is 0 Å². The maximum atomic E-state index is 11.6. The van der Waals surface area contributed by atoms with E-state index in [-0.39, 0.29) is 11.6 Å². The van der Waals surface area contributed by atoms with E-state index in [1.807, 2.05) is 51.4 Å². The van der Waals surface area contributed by atoms with Gasteiger partial charge < -0.3 is 18.9 Å². The molecule has 182 valence electrons. The number of rotatable bonds is 7. The number of benzene rings is 1. The number of fused-ring (bicyclic) bond motifs is 1. The van der Waals surface area contributed by atoms with E-state index in [1.54, 1.807) is 24.4 Å². The number of aromatic carboxylic acids is 1. The van der Waals surface area contributed by atoms with Gasteiger partial charge in [-0.3, -0.25) is 4.98 Å². The molecule has 0 aliphatic rings. The number of pyridine rings is 2. The molecule has 36 heavy (non-hydrogen) atoms. The average Bonchev–Trinajstić information content (AvgIpc) is 3.43. The molecule has 0 radical (unpaired) electrons. The maximum absolute atomic E-state index is 11.6. The third-order valence-corrected chi connectivity index (χ3v) is 6.34. The van der Waals surface area contributed by atoms with Crippen molar-refractivity contribution in [2.24, 2.45) is 0 Å². The van der Waals surface area contributed by atoms with Gasteiger partial charge in [-0.2, -0.15) is 0 Å². The van der Waals surface area contributed by atoms with Crippen LogP contribution in [0.25, 0.3) is 33.3 Å². The summed E-state index contributed by atoms with van der Waals surface area (Å²) in [5, 5.41) is 14.5. The molecule has 5 rings (SSSR count). The fourth-order valence-corrected chi connectivity index (χ4v) is 4.59. The van der Waals surface area contributed by atoms with E-state index in [4.69, 9.17) is 14.2 Å². The van der Waals surface area contributed by atoms with Crippen molar-refractivity contribution in [1.29, 1.82) is 0 Å². The van der Waals surface area contributed by atoms with E-state index < -0.39 is 5.97 Å². The first kappa shape index (κ1) is 23.3. The Hall–Kier alpha value is -4.46. The van der Waals surface area contributed by atoms with Crippen LogP contribution in [0.5, 0.6) is 5.75 Å². The molecule has 1 aromatic carbocycles. The summed E-state index contributed by atoms with van der Waals surface area (Å²) in [6.07, 6.45) is 5.64. The fraction of sp³-hybridized carbons (Fsp3) is 0.214. The van der Waals surface area contributed by atoms with Crippen molar-refractivity contribution < 1.29 is 19.2 Å². The van der Waals surface area contributed by atoms with Gasteiger partial charge in [0.25, 0.3) is 0 Å². The Morgan fingerprint density at radius 1 is 1.14 bits per heavy atom. The zero-order valence-corrected chi connectivity index (χ0v) is 20.5. The van der Waals surface area contributed by atoms with Crippen molar-refractivity contribution in [3.63, 3.8) is 0 Å². The zero-order chi connectivity index (χ0) is 25.4. The molecular weight excluding hydrogens is 456 g/mol. The van der Waals surface area contributed by atoms with Gasteiger partial charge in [0.1, 0.15) is 17.2 Å². The van der Waals surface area contributed by atoms with Gasteiger partial charge in [0.2, 0.25) is 0 Å². The largest absolute Gasteiger partial charge is 0.493 e. The maximum Gasteiger partial charge on any atom is 0.335 e. The first-order valence-corrected chi connectivity index (χ1v) is 11.7. The molecule has 1 atom stereocenters. The van der Waals surface area contributed by atoms with E-state index in [0.717, 1.165) is 50.4 Å². The molecule has 0 fully saturated rings. The molecule has 1 N–H and O–H groups in total. The molecule has 8 heteroatoms. The van der Waals surface area contributed by atoms with Crippen molar-refractivity contribution in [1.82, 2.24) is 19.7 Å². The number of carboxylic acid groups (broad SMARTS) is 1. The molecular formula is C28H26N4O4. The van der Waals surface area contributed by atoms with Crippen molar-refractivity contribution in [2.75, 3.05) is 6.61 Å². The van der Waals surface area contributed by atoms with Gasteiger partial charge in [-0.25, -0.2) is 9.78 Å². The number of aromatic nitrogens is 4. The number of carboxylic acids is 1. The minimum absolute atomic E-state index is 0.0892. The highest BCUT2D eigenvalue weighted by Gasteiger charge is 2.22. The number of aryl methyl sites for hydroxylation is 2. The molecule has 4 heterocycles. The molecule has 8 nitrogen and oxygen atoms in total. The Balaban J connectivity index is 1.78. The molecule has 4 aromatic heterocycles. The summed E-state index contributed by atoms with van der Waals surface area (Å²) >= 11 is 0. The second-order valence-corrected chi connectivity index (χ2v) is 8.62. The molecule has 0 aliphatic heterocycles. The first-order valence-electron chi connectivity index (χ1n) is 11.7. The van der Waals surface area contributed by atoms with Crippen LogP contribution in [0.15, 0.2) is 65.6 Å². The summed E-state index contributed by atoms with van der Waals surface area (Å²) < 4.78 is 13.4. The molecule has 0 unspecified atom stereocenters. The van der Waals surface area contributed by atoms with Crippen molar-refractivity contribution in [2.45, 2.75) is 33.7 Å². The third kappa shape index (κ3) is 4.00. The quantitative estimate of drug-likeness (QED) is 0.300. The van der Waals surface area contributed by atoms with Gasteiger partial charge in [-0.05, 0) is 64.1 Å². The Morgan fingerprint density at radius 3 is 2.64 bits per heavy atom. The molecule has 0 saturated carbocycles. The summed E-state index contributed by atoms with van der Waals surface area (Å²) in [5.74, 6) is 0.220. The standard InChI is InChI=1S/C28H26N4O4/c1-5-35-25-13-19(28(33)34)9-10-21(25)23-15-32(17(3)24-8-6-7-11-29-24)27-22(23)12-20(14-30-27)26-16(2)31-36-18(26)4/h6-15,17H,5H2,1-4H3,(H,33,34)/t17-/m0/s1. The van der Waals surface area contributed by atoms with Crippen molar-refractivity contribution in [3.05, 3.63) is 83.8 Å². The smallest absolute Gasteiger partial charge is 0.335 e. The lowest BCUT2D eigenvalue weighted by Gasteiger charge is -2.14. The van der Waals surface area contributed by atoms with Gasteiger partial charge >= 0.3 is 5.97 Å². The number of hydrogen-bond donors (Lipinski definition) is 1. The normalized spacial score (nSPS) is 12.1. The van der Waals surface area contributed by atoms with Crippen molar-refractivity contribution >= 4 is 17.0 Å². The second-order valence-electron chi connectivity index (χ2n) is 8.62. The predicted octanol–water partition coefficient (Wildman–Crippen LogP) is 6.08. The third-order valence-electron chi connectivity index (χ3n) is 6.34. The van der Waals surface area contributed by atoms with Crippen LogP contribution in [-0.4, -0.2) is 37.4 Å². The molecule has 0 spiro atoms. The van der Waals surface area contributed by atoms with E-state index in [2.05, 4.69) is 27.7 Å². The Morgan fingerprint density at radius 2 is 1.97 bits per heavy atom. The summed E-state index contributed by atoms with van der Waals surface area (Å²) in [6, 6.07) is 12.8. The average molecular weight is 483 g/mol. The van der Waals surface area contributed by atoms with E-state index in [1.165, 1.54) is 0 Å². The molecule has 0 amide bonds. The highest BCUT2D eigenvalue weighted by molar-refractivity contribution is 5.99. The lowest BCUT2D eigenvalue weighted by Crippen LogP contribution is -2.07. The van der Waals surface area contributed by atoms with Gasteiger partial charge in [-0.15, -0.1) is 0 Å². The minimum atomic E-state index is -1.00. The Kier molecular flexibility index (Phi) is 6.01. The van der Waals surface area contributed by atoms with Gasteiger partial charge in [0.05, 0.1) is 29.6 Å². The Labute approximate surface area is 208 Å². The van der Waals surface area contributed by atoms with E-state index in [9.17, 15) is 9.90 Å². The minimum Gasteiger partial charge on any atom is -0.493 e. The second kappa shape index (κ2) is 9.30. The number of ether oxygens (including phenoxy) is 1. The van der Waals surface area contributed by atoms with Crippen LogP contribution >= 0.6 is 0 Å². The monoisotopic (exact) mass is 482 g/mol.